The molecule has 2 aliphatic rings. The second kappa shape index (κ2) is 4.36. The monoisotopic (exact) mass is 269 g/mol. The SMILES string of the molecule is NC1CC2CC(NS(=O)(=O)c3ccc[nH]3)CC2C1. The van der Waals surface area contributed by atoms with Crippen molar-refractivity contribution >= 4 is 10.0 Å². The summed E-state index contributed by atoms with van der Waals surface area (Å²) in [6.45, 7) is 0. The van der Waals surface area contributed by atoms with Crippen molar-refractivity contribution in [3.8, 4) is 0 Å². The van der Waals surface area contributed by atoms with Crippen LogP contribution in [0.4, 0.5) is 0 Å². The van der Waals surface area contributed by atoms with Gasteiger partial charge in [0, 0.05) is 18.3 Å². The molecule has 4 N–H and O–H groups in total. The Hall–Kier alpha value is -0.850. The number of nitrogens with two attached hydrogens (primary N) is 1. The molecule has 3 rings (SSSR count). The summed E-state index contributed by atoms with van der Waals surface area (Å²) in [4.78, 5) is 2.74. The third kappa shape index (κ3) is 2.20. The maximum absolute atomic E-state index is 12.1. The van der Waals surface area contributed by atoms with E-state index in [0.717, 1.165) is 25.7 Å². The first-order chi connectivity index (χ1) is 8.54. The van der Waals surface area contributed by atoms with Crippen molar-refractivity contribution in [1.29, 1.82) is 0 Å². The van der Waals surface area contributed by atoms with Gasteiger partial charge in [-0.1, -0.05) is 0 Å². The van der Waals surface area contributed by atoms with Gasteiger partial charge in [0.1, 0.15) is 5.03 Å². The lowest BCUT2D eigenvalue weighted by atomic mass is 10.0. The number of sulfonamides is 1. The van der Waals surface area contributed by atoms with Crippen LogP contribution in [0.3, 0.4) is 0 Å². The number of aromatic amines is 1. The molecule has 1 heterocycles. The van der Waals surface area contributed by atoms with Crippen molar-refractivity contribution in [3.05, 3.63) is 18.3 Å². The molecule has 0 spiro atoms. The van der Waals surface area contributed by atoms with Crippen molar-refractivity contribution in [3.63, 3.8) is 0 Å². The van der Waals surface area contributed by atoms with Crippen molar-refractivity contribution in [2.45, 2.75) is 42.8 Å². The Labute approximate surface area is 107 Å². The fourth-order valence-electron chi connectivity index (χ4n) is 3.52. The average Bonchev–Trinajstić information content (AvgIpc) is 2.91. The summed E-state index contributed by atoms with van der Waals surface area (Å²) >= 11 is 0. The minimum atomic E-state index is -3.38. The van der Waals surface area contributed by atoms with Gasteiger partial charge >= 0.3 is 0 Å². The molecule has 2 unspecified atom stereocenters. The summed E-state index contributed by atoms with van der Waals surface area (Å²) < 4.78 is 26.9. The third-order valence-corrected chi connectivity index (χ3v) is 5.71. The fourth-order valence-corrected chi connectivity index (χ4v) is 4.76. The zero-order valence-electron chi connectivity index (χ0n) is 10.2. The third-order valence-electron chi connectivity index (χ3n) is 4.23. The number of fused-ring (bicyclic) bond motifs is 1. The first-order valence-corrected chi connectivity index (χ1v) is 7.94. The topological polar surface area (TPSA) is 88.0 Å². The van der Waals surface area contributed by atoms with Crippen LogP contribution in [-0.4, -0.2) is 25.5 Å². The Morgan fingerprint density at radius 2 is 1.89 bits per heavy atom. The van der Waals surface area contributed by atoms with Crippen LogP contribution in [0, 0.1) is 11.8 Å². The molecule has 0 bridgehead atoms. The van der Waals surface area contributed by atoms with E-state index in [2.05, 4.69) is 9.71 Å². The average molecular weight is 269 g/mol. The van der Waals surface area contributed by atoms with Gasteiger partial charge in [-0.15, -0.1) is 0 Å². The standard InChI is InChI=1S/C12H19N3O2S/c13-10-4-8-6-11(7-9(8)5-10)15-18(16,17)12-2-1-3-14-12/h1-3,8-11,14-15H,4-7,13H2. The number of rotatable bonds is 3. The predicted molar refractivity (Wildman–Crippen MR) is 68.3 cm³/mol. The highest BCUT2D eigenvalue weighted by atomic mass is 32.2. The van der Waals surface area contributed by atoms with Crippen molar-refractivity contribution in [2.24, 2.45) is 17.6 Å². The van der Waals surface area contributed by atoms with Crippen LogP contribution in [0.5, 0.6) is 0 Å². The molecule has 5 nitrogen and oxygen atoms in total. The summed E-state index contributed by atoms with van der Waals surface area (Å²) in [5.74, 6) is 1.22. The molecular weight excluding hydrogens is 250 g/mol. The quantitative estimate of drug-likeness (QED) is 0.758. The molecule has 0 aromatic carbocycles. The van der Waals surface area contributed by atoms with E-state index in [4.69, 9.17) is 5.73 Å². The molecule has 1 aromatic rings. The van der Waals surface area contributed by atoms with Gasteiger partial charge in [0.15, 0.2) is 0 Å². The van der Waals surface area contributed by atoms with E-state index in [-0.39, 0.29) is 11.1 Å². The highest BCUT2D eigenvalue weighted by molar-refractivity contribution is 7.89. The zero-order valence-corrected chi connectivity index (χ0v) is 11.0. The summed E-state index contributed by atoms with van der Waals surface area (Å²) in [5, 5.41) is 0.247. The van der Waals surface area contributed by atoms with E-state index in [1.54, 1.807) is 18.3 Å². The second-order valence-electron chi connectivity index (χ2n) is 5.58. The van der Waals surface area contributed by atoms with E-state index < -0.39 is 10.0 Å². The minimum Gasteiger partial charge on any atom is -0.351 e. The summed E-state index contributed by atoms with van der Waals surface area (Å²) in [5.41, 5.74) is 5.93. The Balaban J connectivity index is 1.66. The van der Waals surface area contributed by atoms with Crippen LogP contribution >= 0.6 is 0 Å². The highest BCUT2D eigenvalue weighted by Crippen LogP contribution is 2.43. The maximum Gasteiger partial charge on any atom is 0.256 e. The molecule has 2 atom stereocenters. The number of hydrogen-bond donors (Lipinski definition) is 3. The summed E-state index contributed by atoms with van der Waals surface area (Å²) in [6.07, 6.45) is 5.57. The summed E-state index contributed by atoms with van der Waals surface area (Å²) in [6, 6.07) is 3.66. The van der Waals surface area contributed by atoms with Gasteiger partial charge in [-0.2, -0.15) is 0 Å². The second-order valence-corrected chi connectivity index (χ2v) is 7.26. The van der Waals surface area contributed by atoms with Gasteiger partial charge in [-0.3, -0.25) is 0 Å². The van der Waals surface area contributed by atoms with E-state index >= 15 is 0 Å². The van der Waals surface area contributed by atoms with Crippen LogP contribution in [-0.2, 0) is 10.0 Å². The molecule has 0 radical (unpaired) electrons. The number of H-pyrrole nitrogens is 1. The van der Waals surface area contributed by atoms with Gasteiger partial charge in [0.25, 0.3) is 10.0 Å². The van der Waals surface area contributed by atoms with Crippen LogP contribution in [0.15, 0.2) is 23.4 Å². The predicted octanol–water partition coefficient (Wildman–Crippen LogP) is 0.809. The highest BCUT2D eigenvalue weighted by Gasteiger charge is 2.41. The van der Waals surface area contributed by atoms with Crippen LogP contribution in [0.1, 0.15) is 25.7 Å². The van der Waals surface area contributed by atoms with Gasteiger partial charge in [0.2, 0.25) is 0 Å². The Kier molecular flexibility index (Phi) is 2.96. The van der Waals surface area contributed by atoms with Gasteiger partial charge in [-0.25, -0.2) is 13.1 Å². The first kappa shape index (κ1) is 12.2. The Morgan fingerprint density at radius 3 is 2.44 bits per heavy atom. The molecule has 0 amide bonds. The van der Waals surface area contributed by atoms with E-state index in [0.29, 0.717) is 17.9 Å². The zero-order chi connectivity index (χ0) is 12.8. The molecule has 0 aliphatic heterocycles. The molecule has 0 saturated heterocycles. The maximum atomic E-state index is 12.1. The van der Waals surface area contributed by atoms with E-state index in [1.807, 2.05) is 0 Å². The van der Waals surface area contributed by atoms with Crippen LogP contribution < -0.4 is 10.5 Å². The van der Waals surface area contributed by atoms with E-state index in [9.17, 15) is 8.42 Å². The van der Waals surface area contributed by atoms with Crippen molar-refractivity contribution in [2.75, 3.05) is 0 Å². The van der Waals surface area contributed by atoms with Gasteiger partial charge in [-0.05, 0) is 49.7 Å². The van der Waals surface area contributed by atoms with Crippen LogP contribution in [0.25, 0.3) is 0 Å². The number of aromatic nitrogens is 1. The smallest absolute Gasteiger partial charge is 0.256 e. The fraction of sp³-hybridized carbons (Fsp3) is 0.667. The lowest BCUT2D eigenvalue weighted by Gasteiger charge is -2.14. The lowest BCUT2D eigenvalue weighted by Crippen LogP contribution is -2.34. The van der Waals surface area contributed by atoms with Crippen LogP contribution in [0.2, 0.25) is 0 Å². The molecule has 18 heavy (non-hydrogen) atoms. The van der Waals surface area contributed by atoms with Gasteiger partial charge < -0.3 is 10.7 Å². The molecule has 6 heteroatoms. The van der Waals surface area contributed by atoms with Crippen molar-refractivity contribution < 1.29 is 8.42 Å². The lowest BCUT2D eigenvalue weighted by molar-refractivity contribution is 0.457. The number of hydrogen-bond acceptors (Lipinski definition) is 3. The van der Waals surface area contributed by atoms with Crippen molar-refractivity contribution in [1.82, 2.24) is 9.71 Å². The van der Waals surface area contributed by atoms with E-state index in [1.165, 1.54) is 0 Å². The Bertz CT molecular complexity index is 497. The minimum absolute atomic E-state index is 0.0702. The molecule has 100 valence electrons. The first-order valence-electron chi connectivity index (χ1n) is 6.46. The summed E-state index contributed by atoms with van der Waals surface area (Å²) in [7, 11) is -3.38. The Morgan fingerprint density at radius 1 is 1.22 bits per heavy atom. The molecule has 2 aliphatic carbocycles. The molecule has 2 saturated carbocycles. The van der Waals surface area contributed by atoms with Gasteiger partial charge in [0.05, 0.1) is 0 Å². The normalized spacial score (nSPS) is 35.8. The molecule has 1 aromatic heterocycles. The number of nitrogens with one attached hydrogen (secondary N) is 2. The molecular formula is C12H19N3O2S. The largest absolute Gasteiger partial charge is 0.351 e. The molecule has 2 fully saturated rings.